The van der Waals surface area contributed by atoms with Crippen LogP contribution in [0.2, 0.25) is 0 Å². The Labute approximate surface area is 200 Å². The maximum atomic E-state index is 13.4. The lowest BCUT2D eigenvalue weighted by molar-refractivity contribution is -0.136. The molecule has 4 rings (SSSR count). The zero-order valence-corrected chi connectivity index (χ0v) is 19.5. The molecular formula is C25H22F3N3O3S. The molecule has 0 atom stereocenters. The molecule has 0 radical (unpaired) electrons. The highest BCUT2D eigenvalue weighted by Gasteiger charge is 2.33. The van der Waals surface area contributed by atoms with E-state index in [1.165, 1.54) is 35.6 Å². The summed E-state index contributed by atoms with van der Waals surface area (Å²) in [5.74, 6) is 0. The number of aromatic nitrogens is 2. The summed E-state index contributed by atoms with van der Waals surface area (Å²) in [6.07, 6.45) is -2.24. The third-order valence-electron chi connectivity index (χ3n) is 5.66. The molecule has 0 amide bonds. The Balaban J connectivity index is 1.52. The van der Waals surface area contributed by atoms with E-state index in [1.54, 1.807) is 30.5 Å². The summed E-state index contributed by atoms with van der Waals surface area (Å²) < 4.78 is 67.3. The van der Waals surface area contributed by atoms with Crippen LogP contribution in [0.3, 0.4) is 0 Å². The second-order valence-electron chi connectivity index (χ2n) is 8.14. The highest BCUT2D eigenvalue weighted by molar-refractivity contribution is 7.89. The summed E-state index contributed by atoms with van der Waals surface area (Å²) >= 11 is 0. The first-order valence-corrected chi connectivity index (χ1v) is 12.2. The van der Waals surface area contributed by atoms with Gasteiger partial charge in [-0.3, -0.25) is 9.78 Å². The zero-order chi connectivity index (χ0) is 25.2. The normalized spacial score (nSPS) is 12.4. The minimum Gasteiger partial charge on any atom is -0.322 e. The summed E-state index contributed by atoms with van der Waals surface area (Å²) in [5, 5.41) is -0.0941. The molecule has 35 heavy (non-hydrogen) atoms. The van der Waals surface area contributed by atoms with Crippen LogP contribution >= 0.6 is 0 Å². The van der Waals surface area contributed by atoms with Gasteiger partial charge in [-0.2, -0.15) is 13.2 Å². The summed E-state index contributed by atoms with van der Waals surface area (Å²) in [4.78, 5) is 18.3. The lowest BCUT2D eigenvalue weighted by atomic mass is 10.0. The molecule has 0 aliphatic carbocycles. The Morgan fingerprint density at radius 2 is 1.69 bits per heavy atom. The maximum absolute atomic E-state index is 13.4. The van der Waals surface area contributed by atoms with E-state index < -0.39 is 27.3 Å². The number of sulfonamides is 1. The van der Waals surface area contributed by atoms with Gasteiger partial charge in [-0.15, -0.1) is 0 Å². The van der Waals surface area contributed by atoms with Crippen LogP contribution in [0.1, 0.15) is 22.4 Å². The van der Waals surface area contributed by atoms with Crippen molar-refractivity contribution in [2.75, 3.05) is 13.6 Å². The first-order chi connectivity index (χ1) is 16.5. The van der Waals surface area contributed by atoms with Gasteiger partial charge in [0.2, 0.25) is 15.6 Å². The number of fused-ring (bicyclic) bond motifs is 1. The Morgan fingerprint density at radius 3 is 2.34 bits per heavy atom. The second-order valence-corrected chi connectivity index (χ2v) is 10.2. The van der Waals surface area contributed by atoms with Crippen molar-refractivity contribution in [3.63, 3.8) is 0 Å². The number of benzene rings is 2. The standard InChI is InChI=1S/C25H22F3N3O3S/c1-31(13-11-19-4-2-3-12-29-19)35(33,34)20-8-5-17(6-9-20)14-18-7-10-23-21(15-18)22(25(26,27)28)16-24(32)30-23/h2-10,12,15-16H,11,13-14H2,1H3,(H,30,32). The Morgan fingerprint density at radius 1 is 0.971 bits per heavy atom. The number of hydrogen-bond acceptors (Lipinski definition) is 4. The van der Waals surface area contributed by atoms with Gasteiger partial charge in [-0.1, -0.05) is 24.3 Å². The number of rotatable bonds is 7. The summed E-state index contributed by atoms with van der Waals surface area (Å²) in [5.41, 5.74) is 0.407. The number of pyridine rings is 2. The molecule has 2 heterocycles. The number of halogens is 3. The molecule has 2 aromatic heterocycles. The van der Waals surface area contributed by atoms with E-state index in [2.05, 4.69) is 9.97 Å². The molecule has 2 aromatic carbocycles. The smallest absolute Gasteiger partial charge is 0.322 e. The Kier molecular flexibility index (Phi) is 6.77. The first-order valence-electron chi connectivity index (χ1n) is 10.7. The summed E-state index contributed by atoms with van der Waals surface area (Å²) in [6.45, 7) is 0.266. The minimum absolute atomic E-state index is 0.0941. The van der Waals surface area contributed by atoms with Crippen LogP contribution in [0.15, 0.2) is 82.6 Å². The average Bonchev–Trinajstić information content (AvgIpc) is 2.82. The van der Waals surface area contributed by atoms with Crippen LogP contribution in [0, 0.1) is 0 Å². The van der Waals surface area contributed by atoms with Gasteiger partial charge < -0.3 is 4.98 Å². The van der Waals surface area contributed by atoms with E-state index in [9.17, 15) is 26.4 Å². The summed E-state index contributed by atoms with van der Waals surface area (Å²) in [7, 11) is -2.20. The van der Waals surface area contributed by atoms with Gasteiger partial charge in [0.1, 0.15) is 0 Å². The number of nitrogens with one attached hydrogen (secondary N) is 1. The molecule has 0 aliphatic heterocycles. The first kappa shape index (κ1) is 24.6. The molecule has 0 spiro atoms. The van der Waals surface area contributed by atoms with Gasteiger partial charge in [-0.25, -0.2) is 12.7 Å². The molecule has 0 bridgehead atoms. The fourth-order valence-electron chi connectivity index (χ4n) is 3.78. The van der Waals surface area contributed by atoms with Crippen LogP contribution in [-0.4, -0.2) is 36.3 Å². The average molecular weight is 502 g/mol. The lowest BCUT2D eigenvalue weighted by Crippen LogP contribution is -2.29. The maximum Gasteiger partial charge on any atom is 0.417 e. The monoisotopic (exact) mass is 501 g/mol. The van der Waals surface area contributed by atoms with Crippen molar-refractivity contribution < 1.29 is 21.6 Å². The van der Waals surface area contributed by atoms with Gasteiger partial charge in [0.25, 0.3) is 0 Å². The molecule has 4 aromatic rings. The molecule has 0 saturated carbocycles. The van der Waals surface area contributed by atoms with Crippen molar-refractivity contribution in [1.29, 1.82) is 0 Å². The number of H-pyrrole nitrogens is 1. The van der Waals surface area contributed by atoms with Crippen LogP contribution in [-0.2, 0) is 29.0 Å². The van der Waals surface area contributed by atoms with E-state index in [1.807, 2.05) is 12.1 Å². The van der Waals surface area contributed by atoms with Gasteiger partial charge in [-0.05, 0) is 53.9 Å². The molecule has 0 aliphatic rings. The van der Waals surface area contributed by atoms with Gasteiger partial charge in [0.05, 0.1) is 10.5 Å². The molecular weight excluding hydrogens is 479 g/mol. The van der Waals surface area contributed by atoms with E-state index in [0.717, 1.165) is 11.3 Å². The Bertz CT molecular complexity index is 1500. The quantitative estimate of drug-likeness (QED) is 0.407. The number of likely N-dealkylation sites (N-methyl/N-ethyl adjacent to an activating group) is 1. The summed E-state index contributed by atoms with van der Waals surface area (Å²) in [6, 6.07) is 16.7. The highest BCUT2D eigenvalue weighted by Crippen LogP contribution is 2.33. The Hall–Kier alpha value is -3.50. The highest BCUT2D eigenvalue weighted by atomic mass is 32.2. The van der Waals surface area contributed by atoms with E-state index in [4.69, 9.17) is 0 Å². The van der Waals surface area contributed by atoms with E-state index in [-0.39, 0.29) is 22.3 Å². The molecule has 182 valence electrons. The van der Waals surface area contributed by atoms with Gasteiger partial charge in [0.15, 0.2) is 0 Å². The molecule has 0 unspecified atom stereocenters. The zero-order valence-electron chi connectivity index (χ0n) is 18.7. The lowest BCUT2D eigenvalue weighted by Gasteiger charge is -2.17. The molecule has 0 fully saturated rings. The van der Waals surface area contributed by atoms with Gasteiger partial charge >= 0.3 is 6.18 Å². The number of nitrogens with zero attached hydrogens (tertiary/aromatic N) is 2. The SMILES string of the molecule is CN(CCc1ccccn1)S(=O)(=O)c1ccc(Cc2ccc3[nH]c(=O)cc(C(F)(F)F)c3c2)cc1. The molecule has 10 heteroatoms. The number of aromatic amines is 1. The molecule has 1 N–H and O–H groups in total. The second kappa shape index (κ2) is 9.63. The van der Waals surface area contributed by atoms with E-state index >= 15 is 0 Å². The number of hydrogen-bond donors (Lipinski definition) is 1. The van der Waals surface area contributed by atoms with Crippen LogP contribution in [0.4, 0.5) is 13.2 Å². The van der Waals surface area contributed by atoms with Crippen molar-refractivity contribution in [2.45, 2.75) is 23.9 Å². The van der Waals surface area contributed by atoms with Crippen molar-refractivity contribution in [3.05, 3.63) is 106 Å². The molecule has 6 nitrogen and oxygen atoms in total. The fourth-order valence-corrected chi connectivity index (χ4v) is 4.95. The van der Waals surface area contributed by atoms with Crippen molar-refractivity contribution in [2.24, 2.45) is 0 Å². The van der Waals surface area contributed by atoms with Gasteiger partial charge in [0, 0.05) is 48.9 Å². The predicted octanol–water partition coefficient (Wildman–Crippen LogP) is 4.40. The van der Waals surface area contributed by atoms with Crippen LogP contribution in [0.5, 0.6) is 0 Å². The topological polar surface area (TPSA) is 83.1 Å². The van der Waals surface area contributed by atoms with Crippen molar-refractivity contribution in [1.82, 2.24) is 14.3 Å². The molecule has 0 saturated heterocycles. The largest absolute Gasteiger partial charge is 0.417 e. The fraction of sp³-hybridized carbons (Fsp3) is 0.200. The minimum atomic E-state index is -4.66. The van der Waals surface area contributed by atoms with Crippen molar-refractivity contribution >= 4 is 20.9 Å². The van der Waals surface area contributed by atoms with Crippen molar-refractivity contribution in [3.8, 4) is 0 Å². The third kappa shape index (κ3) is 5.60. The number of alkyl halides is 3. The van der Waals surface area contributed by atoms with Crippen LogP contribution in [0.25, 0.3) is 10.9 Å². The predicted molar refractivity (Wildman–Crippen MR) is 127 cm³/mol. The van der Waals surface area contributed by atoms with E-state index in [0.29, 0.717) is 24.5 Å². The van der Waals surface area contributed by atoms with Crippen LogP contribution < -0.4 is 5.56 Å². The third-order valence-corrected chi connectivity index (χ3v) is 7.53.